The topological polar surface area (TPSA) is 79.5 Å². The third-order valence-electron chi connectivity index (χ3n) is 5.58. The lowest BCUT2D eigenvalue weighted by atomic mass is 9.95. The highest BCUT2D eigenvalue weighted by atomic mass is 32.1. The molecule has 3 N–H and O–H groups in total. The Morgan fingerprint density at radius 1 is 1.03 bits per heavy atom. The van der Waals surface area contributed by atoms with Crippen molar-refractivity contribution < 1.29 is 14.3 Å². The average Bonchev–Trinajstić information content (AvgIpc) is 2.80. The Morgan fingerprint density at radius 3 is 2.44 bits per heavy atom. The number of nitrogens with one attached hydrogen (secondary N) is 3. The van der Waals surface area contributed by atoms with Gasteiger partial charge in [-0.05, 0) is 80.9 Å². The first kappa shape index (κ1) is 23.7. The number of hydrogen-bond donors (Lipinski definition) is 3. The van der Waals surface area contributed by atoms with Gasteiger partial charge < -0.3 is 15.4 Å². The summed E-state index contributed by atoms with van der Waals surface area (Å²) >= 11 is 5.27. The maximum absolute atomic E-state index is 12.5. The molecule has 0 aromatic heterocycles. The highest BCUT2D eigenvalue weighted by Crippen LogP contribution is 2.19. The van der Waals surface area contributed by atoms with E-state index in [1.54, 1.807) is 42.5 Å². The summed E-state index contributed by atoms with van der Waals surface area (Å²) in [6, 6.07) is 14.3. The van der Waals surface area contributed by atoms with Crippen LogP contribution in [0, 0.1) is 0 Å². The molecule has 2 aromatic rings. The largest absolute Gasteiger partial charge is 0.491 e. The first-order valence-electron chi connectivity index (χ1n) is 11.2. The molecule has 3 rings (SSSR count). The molecule has 1 aliphatic rings. The van der Waals surface area contributed by atoms with Gasteiger partial charge in [0.1, 0.15) is 5.75 Å². The summed E-state index contributed by atoms with van der Waals surface area (Å²) < 4.78 is 5.77. The maximum Gasteiger partial charge on any atom is 0.257 e. The number of thiocarbonyl (C=S) groups is 1. The molecule has 170 valence electrons. The Labute approximate surface area is 195 Å². The van der Waals surface area contributed by atoms with E-state index in [1.807, 2.05) is 19.9 Å². The SMILES string of the molecule is CCC(C)Oc1cccc(C(=O)NC(=S)Nc2ccc(C(=O)NC3CCCCC3)cc2)c1. The number of carbonyl (C=O) groups excluding carboxylic acids is 2. The minimum absolute atomic E-state index is 0.0566. The summed E-state index contributed by atoms with van der Waals surface area (Å²) in [7, 11) is 0. The van der Waals surface area contributed by atoms with Crippen molar-refractivity contribution in [3.63, 3.8) is 0 Å². The van der Waals surface area contributed by atoms with Crippen molar-refractivity contribution in [2.75, 3.05) is 5.32 Å². The van der Waals surface area contributed by atoms with Crippen molar-refractivity contribution in [1.29, 1.82) is 0 Å². The summed E-state index contributed by atoms with van der Waals surface area (Å²) in [4.78, 5) is 25.0. The lowest BCUT2D eigenvalue weighted by molar-refractivity contribution is 0.0926. The van der Waals surface area contributed by atoms with Gasteiger partial charge in [0, 0.05) is 22.9 Å². The van der Waals surface area contributed by atoms with E-state index in [2.05, 4.69) is 16.0 Å². The van der Waals surface area contributed by atoms with Crippen molar-refractivity contribution in [2.24, 2.45) is 0 Å². The van der Waals surface area contributed by atoms with Crippen molar-refractivity contribution >= 4 is 34.8 Å². The Hall–Kier alpha value is -2.93. The van der Waals surface area contributed by atoms with Crippen LogP contribution in [0.15, 0.2) is 48.5 Å². The molecule has 0 spiro atoms. The number of ether oxygens (including phenoxy) is 1. The second-order valence-electron chi connectivity index (χ2n) is 8.16. The van der Waals surface area contributed by atoms with Gasteiger partial charge >= 0.3 is 0 Å². The molecule has 1 aliphatic carbocycles. The first-order valence-corrected chi connectivity index (χ1v) is 11.7. The van der Waals surface area contributed by atoms with Crippen LogP contribution in [0.1, 0.15) is 73.1 Å². The molecule has 1 fully saturated rings. The first-order chi connectivity index (χ1) is 15.4. The van der Waals surface area contributed by atoms with E-state index in [0.717, 1.165) is 19.3 Å². The third-order valence-corrected chi connectivity index (χ3v) is 5.78. The summed E-state index contributed by atoms with van der Waals surface area (Å²) in [6.07, 6.45) is 6.64. The molecular formula is C25H31N3O3S. The van der Waals surface area contributed by atoms with Crippen LogP contribution in [0.5, 0.6) is 5.75 Å². The Morgan fingerprint density at radius 2 is 1.75 bits per heavy atom. The van der Waals surface area contributed by atoms with Gasteiger partial charge in [0.25, 0.3) is 11.8 Å². The smallest absolute Gasteiger partial charge is 0.257 e. The van der Waals surface area contributed by atoms with Gasteiger partial charge in [-0.2, -0.15) is 0 Å². The van der Waals surface area contributed by atoms with Crippen LogP contribution in [0.3, 0.4) is 0 Å². The molecule has 6 nitrogen and oxygen atoms in total. The standard InChI is InChI=1S/C25H31N3O3S/c1-3-17(2)31-22-11-7-8-19(16-22)24(30)28-25(32)27-21-14-12-18(13-15-21)23(29)26-20-9-5-4-6-10-20/h7-8,11-17,20H,3-6,9-10H2,1-2H3,(H,26,29)(H2,27,28,30,32). The van der Waals surface area contributed by atoms with E-state index in [4.69, 9.17) is 17.0 Å². The van der Waals surface area contributed by atoms with Crippen molar-refractivity contribution in [3.05, 3.63) is 59.7 Å². The summed E-state index contributed by atoms with van der Waals surface area (Å²) in [5, 5.41) is 8.95. The Bertz CT molecular complexity index is 940. The van der Waals surface area contributed by atoms with Gasteiger partial charge in [-0.1, -0.05) is 32.3 Å². The van der Waals surface area contributed by atoms with Gasteiger partial charge in [-0.3, -0.25) is 14.9 Å². The van der Waals surface area contributed by atoms with Gasteiger partial charge in [0.15, 0.2) is 5.11 Å². The van der Waals surface area contributed by atoms with E-state index in [1.165, 1.54) is 19.3 Å². The second-order valence-corrected chi connectivity index (χ2v) is 8.57. The average molecular weight is 454 g/mol. The minimum atomic E-state index is -0.319. The molecule has 2 amide bonds. The zero-order valence-electron chi connectivity index (χ0n) is 18.6. The summed E-state index contributed by atoms with van der Waals surface area (Å²) in [5.74, 6) is 0.271. The molecular weight excluding hydrogens is 422 g/mol. The van der Waals surface area contributed by atoms with Crippen LogP contribution < -0.4 is 20.7 Å². The number of anilines is 1. The fraction of sp³-hybridized carbons (Fsp3) is 0.400. The van der Waals surface area contributed by atoms with Crippen LogP contribution in [0.2, 0.25) is 0 Å². The normalized spacial score (nSPS) is 14.8. The monoisotopic (exact) mass is 453 g/mol. The second kappa shape index (κ2) is 11.6. The molecule has 0 bridgehead atoms. The van der Waals surface area contributed by atoms with Gasteiger partial charge in [-0.25, -0.2) is 0 Å². The summed E-state index contributed by atoms with van der Waals surface area (Å²) in [6.45, 7) is 4.03. The van der Waals surface area contributed by atoms with E-state index in [-0.39, 0.29) is 29.1 Å². The molecule has 0 saturated heterocycles. The highest BCUT2D eigenvalue weighted by Gasteiger charge is 2.16. The van der Waals surface area contributed by atoms with E-state index in [9.17, 15) is 9.59 Å². The van der Waals surface area contributed by atoms with Crippen LogP contribution in [0.25, 0.3) is 0 Å². The van der Waals surface area contributed by atoms with E-state index in [0.29, 0.717) is 22.6 Å². The molecule has 0 heterocycles. The third kappa shape index (κ3) is 7.05. The zero-order chi connectivity index (χ0) is 22.9. The number of carbonyl (C=O) groups is 2. The van der Waals surface area contributed by atoms with Crippen molar-refractivity contribution in [1.82, 2.24) is 10.6 Å². The van der Waals surface area contributed by atoms with Crippen LogP contribution >= 0.6 is 12.2 Å². The minimum Gasteiger partial charge on any atom is -0.491 e. The van der Waals surface area contributed by atoms with Gasteiger partial charge in [0.2, 0.25) is 0 Å². The zero-order valence-corrected chi connectivity index (χ0v) is 19.5. The Kier molecular flexibility index (Phi) is 8.62. The maximum atomic E-state index is 12.5. The quantitative estimate of drug-likeness (QED) is 0.511. The molecule has 7 heteroatoms. The fourth-order valence-electron chi connectivity index (χ4n) is 3.58. The fourth-order valence-corrected chi connectivity index (χ4v) is 3.80. The number of benzene rings is 2. The molecule has 0 radical (unpaired) electrons. The van der Waals surface area contributed by atoms with Gasteiger partial charge in [0.05, 0.1) is 6.10 Å². The van der Waals surface area contributed by atoms with E-state index < -0.39 is 0 Å². The molecule has 2 aromatic carbocycles. The number of amides is 2. The number of hydrogen-bond acceptors (Lipinski definition) is 4. The summed E-state index contributed by atoms with van der Waals surface area (Å²) in [5.41, 5.74) is 1.76. The molecule has 0 aliphatic heterocycles. The Balaban J connectivity index is 1.51. The lowest BCUT2D eigenvalue weighted by Gasteiger charge is -2.22. The van der Waals surface area contributed by atoms with E-state index >= 15 is 0 Å². The number of rotatable bonds is 7. The van der Waals surface area contributed by atoms with Crippen LogP contribution in [0.4, 0.5) is 5.69 Å². The molecule has 1 atom stereocenters. The molecule has 32 heavy (non-hydrogen) atoms. The van der Waals surface area contributed by atoms with Crippen molar-refractivity contribution in [3.8, 4) is 5.75 Å². The molecule has 1 saturated carbocycles. The predicted molar refractivity (Wildman–Crippen MR) is 131 cm³/mol. The molecule has 1 unspecified atom stereocenters. The highest BCUT2D eigenvalue weighted by molar-refractivity contribution is 7.80. The van der Waals surface area contributed by atoms with Crippen molar-refractivity contribution in [2.45, 2.75) is 64.5 Å². The lowest BCUT2D eigenvalue weighted by Crippen LogP contribution is -2.36. The van der Waals surface area contributed by atoms with Crippen LogP contribution in [-0.4, -0.2) is 29.1 Å². The van der Waals surface area contributed by atoms with Crippen LogP contribution in [-0.2, 0) is 0 Å². The van der Waals surface area contributed by atoms with Gasteiger partial charge in [-0.15, -0.1) is 0 Å². The predicted octanol–water partition coefficient (Wildman–Crippen LogP) is 5.05.